The van der Waals surface area contributed by atoms with Gasteiger partial charge in [-0.05, 0) is 77.9 Å². The maximum absolute atomic E-state index is 14.6. The van der Waals surface area contributed by atoms with E-state index in [0.717, 1.165) is 33.8 Å². The number of imidazole rings is 1. The number of rotatable bonds is 16. The van der Waals surface area contributed by atoms with Gasteiger partial charge in [-0.3, -0.25) is 29.6 Å². The molecule has 0 bridgehead atoms. The first-order valence-electron chi connectivity index (χ1n) is 31.3. The molecule has 0 unspecified atom stereocenters. The summed E-state index contributed by atoms with van der Waals surface area (Å²) in [5.74, 6) is -2.26. The standard InChI is InChI=1S/C35H29ClF2N6O5S.C34H29ClFN9O3S2/c1-49-34(47)29-28(40-31(32-39-10-13-50-32)41-30(29)24-8-5-21(37)15-26(24)36)18-42-11-12-43-23(16-42)17-44(35(43)48)22-6-2-19(3-7-22)25-14-20(33(45)46)4-9-27(25)38;1-48-33(46)27-26(41-30(32-38-9-13-50-32)42-28(27)23-7-4-20(36)14-24(23)35)18-43-10-11-44-22(16-43)17-45(34(44)47)21-5-2-19(3-6-21)25-15-39-29(40-25)31-37-8-12-49-31/h2-10,13-15,23,30H,11-12,16-18H2,1H3,(H,40,41)(H,45,46);2-9,12-15,22,28H,10-11,16-18H2,1H3,(H,39,40)(H,41,42)/t23-,30-;22-,28-/m00/s1. The molecule has 6 aliphatic rings. The molecule has 0 radical (unpaired) electrons. The summed E-state index contributed by atoms with van der Waals surface area (Å²) < 4.78 is 53.1. The van der Waals surface area contributed by atoms with Crippen LogP contribution in [0, 0.1) is 17.5 Å². The molecule has 9 aromatic rings. The molecule has 5 aromatic carbocycles. The summed E-state index contributed by atoms with van der Waals surface area (Å²) in [5.41, 5.74) is 6.42. The number of anilines is 2. The molecule has 6 aliphatic heterocycles. The number of piperazine rings is 2. The van der Waals surface area contributed by atoms with Crippen molar-refractivity contribution in [2.45, 2.75) is 24.2 Å². The van der Waals surface area contributed by atoms with Crippen LogP contribution in [0.5, 0.6) is 0 Å². The van der Waals surface area contributed by atoms with Crippen LogP contribution >= 0.6 is 57.2 Å². The number of fused-ring (bicyclic) bond motifs is 2. The summed E-state index contributed by atoms with van der Waals surface area (Å²) in [6.45, 7) is 4.69. The van der Waals surface area contributed by atoms with Gasteiger partial charge in [-0.25, -0.2) is 57.1 Å². The SMILES string of the molecule is COC(=O)C1=C(CN2CCN3C(=O)N(c4ccc(-c5cc(C(=O)O)ccc5F)cc4)C[C@@H]3C2)NC(c2nccs2)=N[C@H]1c1ccc(F)cc1Cl.COC(=O)C1=C(CN2CCN3C(=O)N(c4ccc(-c5cnc(-c6nccs6)[nH]5)cc4)C[C@@H]3C2)NC(c2nccs2)=N[C@H]1c1ccc(F)cc1Cl. The summed E-state index contributed by atoms with van der Waals surface area (Å²) in [7, 11) is 2.60. The number of hydrogen-bond acceptors (Lipinski definition) is 20. The molecule has 10 heterocycles. The zero-order chi connectivity index (χ0) is 69.5. The third-order valence-electron chi connectivity index (χ3n) is 17.9. The second kappa shape index (κ2) is 28.6. The highest BCUT2D eigenvalue weighted by molar-refractivity contribution is 7.13. The highest BCUT2D eigenvalue weighted by Crippen LogP contribution is 2.41. The minimum absolute atomic E-state index is 0.0269. The highest BCUT2D eigenvalue weighted by atomic mass is 35.5. The van der Waals surface area contributed by atoms with Gasteiger partial charge in [0.05, 0.1) is 54.9 Å². The number of nitrogens with one attached hydrogen (secondary N) is 3. The Hall–Kier alpha value is -10.1. The van der Waals surface area contributed by atoms with E-state index in [1.54, 1.807) is 54.0 Å². The number of aromatic nitrogens is 5. The number of urea groups is 2. The van der Waals surface area contributed by atoms with Crippen molar-refractivity contribution in [1.82, 2.24) is 55.2 Å². The molecule has 4 saturated heterocycles. The Morgan fingerprint density at radius 3 is 1.49 bits per heavy atom. The van der Waals surface area contributed by atoms with Crippen LogP contribution < -0.4 is 20.4 Å². The Morgan fingerprint density at radius 1 is 0.580 bits per heavy atom. The lowest BCUT2D eigenvalue weighted by Gasteiger charge is -2.38. The van der Waals surface area contributed by atoms with Crippen molar-refractivity contribution in [3.8, 4) is 33.2 Å². The van der Waals surface area contributed by atoms with Gasteiger partial charge in [-0.1, -0.05) is 59.6 Å². The molecule has 510 valence electrons. The average Bonchev–Trinajstić information content (AvgIpc) is 1.21. The molecule has 4 N–H and O–H groups in total. The van der Waals surface area contributed by atoms with Gasteiger partial charge >= 0.3 is 30.0 Å². The fourth-order valence-corrected chi connectivity index (χ4v) is 15.4. The van der Waals surface area contributed by atoms with E-state index in [1.165, 1.54) is 96.8 Å². The number of halogens is 5. The monoisotopic (exact) mass is 1450 g/mol. The Labute approximate surface area is 591 Å². The van der Waals surface area contributed by atoms with Gasteiger partial charge in [0.25, 0.3) is 0 Å². The van der Waals surface area contributed by atoms with E-state index < -0.39 is 47.4 Å². The predicted molar refractivity (Wildman–Crippen MR) is 373 cm³/mol. The number of carbonyl (C=O) groups excluding carboxylic acids is 4. The second-order valence-electron chi connectivity index (χ2n) is 23.8. The van der Waals surface area contributed by atoms with E-state index in [1.807, 2.05) is 55.1 Å². The summed E-state index contributed by atoms with van der Waals surface area (Å²) in [6, 6.07) is 24.1. The van der Waals surface area contributed by atoms with Crippen LogP contribution in [0.4, 0.5) is 34.1 Å². The first-order chi connectivity index (χ1) is 48.5. The van der Waals surface area contributed by atoms with Crippen molar-refractivity contribution in [2.75, 3.05) is 89.5 Å². The molecule has 0 spiro atoms. The molecule has 4 amide bonds. The Kier molecular flexibility index (Phi) is 19.2. The highest BCUT2D eigenvalue weighted by Gasteiger charge is 2.45. The molecular weight excluding hydrogens is 1390 g/mol. The molecular formula is C69H58Cl2F3N15O8S3. The van der Waals surface area contributed by atoms with Crippen LogP contribution in [0.15, 0.2) is 177 Å². The lowest BCUT2D eigenvalue weighted by Crippen LogP contribution is -2.53. The smallest absolute Gasteiger partial charge is 0.338 e. The molecule has 23 nitrogen and oxygen atoms in total. The van der Waals surface area contributed by atoms with Crippen molar-refractivity contribution < 1.29 is 51.7 Å². The van der Waals surface area contributed by atoms with Crippen LogP contribution in [0.2, 0.25) is 10.0 Å². The Balaban J connectivity index is 0.000000170. The summed E-state index contributed by atoms with van der Waals surface area (Å²) in [4.78, 5) is 107. The molecule has 4 atom stereocenters. The second-order valence-corrected chi connectivity index (χ2v) is 27.3. The van der Waals surface area contributed by atoms with E-state index >= 15 is 0 Å². The molecule has 4 fully saturated rings. The van der Waals surface area contributed by atoms with Gasteiger partial charge in [-0.2, -0.15) is 0 Å². The number of aliphatic imine (C=N–C) groups is 2. The first-order valence-corrected chi connectivity index (χ1v) is 34.7. The number of ether oxygens (including phenoxy) is 2. The average molecular weight is 1450 g/mol. The Morgan fingerprint density at radius 2 is 1.05 bits per heavy atom. The fourth-order valence-electron chi connectivity index (χ4n) is 13.1. The quantitative estimate of drug-likeness (QED) is 0.0656. The number of methoxy groups -OCH3 is 2. The van der Waals surface area contributed by atoms with E-state index in [2.05, 4.69) is 45.4 Å². The largest absolute Gasteiger partial charge is 0.478 e. The summed E-state index contributed by atoms with van der Waals surface area (Å²) >= 11 is 17.3. The molecule has 100 heavy (non-hydrogen) atoms. The van der Waals surface area contributed by atoms with Gasteiger partial charge in [0, 0.05) is 150 Å². The normalized spacial score (nSPS) is 19.4. The van der Waals surface area contributed by atoms with Gasteiger partial charge in [0.1, 0.15) is 29.5 Å². The van der Waals surface area contributed by atoms with Crippen LogP contribution in [0.25, 0.3) is 33.2 Å². The molecule has 4 aromatic heterocycles. The molecule has 15 rings (SSSR count). The van der Waals surface area contributed by atoms with Crippen molar-refractivity contribution in [2.24, 2.45) is 9.98 Å². The summed E-state index contributed by atoms with van der Waals surface area (Å²) in [5, 5.41) is 23.9. The van der Waals surface area contributed by atoms with E-state index in [9.17, 15) is 42.3 Å². The van der Waals surface area contributed by atoms with Crippen molar-refractivity contribution in [1.29, 1.82) is 0 Å². The number of carboxylic acid groups (broad SMARTS) is 1. The number of aromatic amines is 1. The van der Waals surface area contributed by atoms with E-state index in [0.29, 0.717) is 121 Å². The minimum Gasteiger partial charge on any atom is -0.478 e. The van der Waals surface area contributed by atoms with E-state index in [-0.39, 0.29) is 56.5 Å². The third kappa shape index (κ3) is 13.6. The number of hydrogen-bond donors (Lipinski definition) is 4. The van der Waals surface area contributed by atoms with Crippen LogP contribution in [0.1, 0.15) is 43.6 Å². The van der Waals surface area contributed by atoms with Crippen LogP contribution in [-0.2, 0) is 19.1 Å². The number of H-pyrrole nitrogens is 1. The number of amides is 4. The van der Waals surface area contributed by atoms with Crippen molar-refractivity contribution in [3.05, 3.63) is 221 Å². The van der Waals surface area contributed by atoms with Gasteiger partial charge in [0.15, 0.2) is 32.5 Å². The summed E-state index contributed by atoms with van der Waals surface area (Å²) in [6.07, 6.45) is 6.85. The van der Waals surface area contributed by atoms with E-state index in [4.69, 9.17) is 42.7 Å². The third-order valence-corrected chi connectivity index (χ3v) is 20.9. The number of carbonyl (C=O) groups is 5. The maximum atomic E-state index is 14.6. The van der Waals surface area contributed by atoms with Crippen LogP contribution in [0.3, 0.4) is 0 Å². The van der Waals surface area contributed by atoms with Crippen molar-refractivity contribution in [3.63, 3.8) is 0 Å². The molecule has 0 aliphatic carbocycles. The topological polar surface area (TPSA) is 260 Å². The fraction of sp³-hybridized carbons (Fsp3) is 0.232. The lowest BCUT2D eigenvalue weighted by molar-refractivity contribution is -0.137. The number of benzene rings is 5. The number of aromatic carboxylic acids is 1. The zero-order valence-corrected chi connectivity index (χ0v) is 57.0. The van der Waals surface area contributed by atoms with Gasteiger partial charge < -0.3 is 40.0 Å². The number of thiazole rings is 3. The number of esters is 2. The zero-order valence-electron chi connectivity index (χ0n) is 53.0. The Bertz CT molecular complexity index is 4770. The van der Waals surface area contributed by atoms with Crippen molar-refractivity contribution >= 4 is 110 Å². The first kappa shape index (κ1) is 67.1. The number of carboxylic acids is 1. The predicted octanol–water partition coefficient (Wildman–Crippen LogP) is 11.2. The number of nitrogens with zero attached hydrogens (tertiary/aromatic N) is 12. The molecule has 31 heteroatoms. The maximum Gasteiger partial charge on any atom is 0.338 e. The minimum atomic E-state index is -1.15. The number of amidine groups is 2. The van der Waals surface area contributed by atoms with Gasteiger partial charge in [0.2, 0.25) is 0 Å². The van der Waals surface area contributed by atoms with Gasteiger partial charge in [-0.15, -0.1) is 34.0 Å². The van der Waals surface area contributed by atoms with Crippen LogP contribution in [-0.4, -0.2) is 183 Å². The molecule has 0 saturated carbocycles. The lowest BCUT2D eigenvalue weighted by atomic mass is 9.95.